The molecule has 4 heteroatoms. The van der Waals surface area contributed by atoms with Gasteiger partial charge in [-0.05, 0) is 40.5 Å². The van der Waals surface area contributed by atoms with Crippen LogP contribution in [0, 0.1) is 0 Å². The lowest BCUT2D eigenvalue weighted by Gasteiger charge is -2.19. The minimum atomic E-state index is -0.727. The van der Waals surface area contributed by atoms with Crippen LogP contribution < -0.4 is 0 Å². The summed E-state index contributed by atoms with van der Waals surface area (Å²) in [6.45, 7) is 8.72. The maximum atomic E-state index is 9.61. The first-order valence-corrected chi connectivity index (χ1v) is 6.02. The van der Waals surface area contributed by atoms with E-state index in [9.17, 15) is 10.2 Å². The van der Waals surface area contributed by atoms with Crippen molar-refractivity contribution in [3.63, 3.8) is 0 Å². The average Bonchev–Trinajstić information content (AvgIpc) is 2.16. The minimum absolute atomic E-state index is 0.161. The number of rotatable bonds is 9. The van der Waals surface area contributed by atoms with E-state index in [1.165, 1.54) is 0 Å². The molecule has 2 N–H and O–H groups in total. The second-order valence-corrected chi connectivity index (χ2v) is 4.55. The summed E-state index contributed by atoms with van der Waals surface area (Å²) in [5, 5.41) is 19.2. The molecule has 0 spiro atoms. The van der Waals surface area contributed by atoms with Crippen molar-refractivity contribution in [1.82, 2.24) is 0 Å². The Kier molecular flexibility index (Phi) is 8.84. The number of aliphatic hydroxyl groups excluding tert-OH is 2. The van der Waals surface area contributed by atoms with Crippen LogP contribution in [0.3, 0.4) is 0 Å². The lowest BCUT2D eigenvalue weighted by Crippen LogP contribution is -2.29. The van der Waals surface area contributed by atoms with Crippen molar-refractivity contribution in [2.75, 3.05) is 13.2 Å². The van der Waals surface area contributed by atoms with Gasteiger partial charge in [-0.15, -0.1) is 0 Å². The van der Waals surface area contributed by atoms with Gasteiger partial charge in [-0.1, -0.05) is 0 Å². The van der Waals surface area contributed by atoms with Gasteiger partial charge < -0.3 is 19.7 Å². The van der Waals surface area contributed by atoms with Crippen LogP contribution in [0.25, 0.3) is 0 Å². The summed E-state index contributed by atoms with van der Waals surface area (Å²) in [6.07, 6.45) is -0.214. The molecule has 16 heavy (non-hydrogen) atoms. The highest BCUT2D eigenvalue weighted by molar-refractivity contribution is 4.67. The molecule has 0 bridgehead atoms. The Balaban J connectivity index is 3.52. The molecule has 0 heterocycles. The fourth-order valence-electron chi connectivity index (χ4n) is 1.23. The molecule has 0 saturated heterocycles. The SMILES string of the molecule is CC(C)OCC[C@H](O)[C@@H](O)CCOC(C)C. The van der Waals surface area contributed by atoms with Crippen LogP contribution in [0.1, 0.15) is 40.5 Å². The molecule has 0 amide bonds. The Hall–Kier alpha value is -0.160. The molecule has 0 fully saturated rings. The van der Waals surface area contributed by atoms with Crippen LogP contribution in [-0.4, -0.2) is 47.8 Å². The number of hydrogen-bond acceptors (Lipinski definition) is 4. The van der Waals surface area contributed by atoms with Crippen LogP contribution in [0.5, 0.6) is 0 Å². The van der Waals surface area contributed by atoms with Crippen LogP contribution in [0.4, 0.5) is 0 Å². The van der Waals surface area contributed by atoms with Crippen molar-refractivity contribution < 1.29 is 19.7 Å². The van der Waals surface area contributed by atoms with Crippen molar-refractivity contribution >= 4 is 0 Å². The maximum absolute atomic E-state index is 9.61. The summed E-state index contributed by atoms with van der Waals surface area (Å²) >= 11 is 0. The minimum Gasteiger partial charge on any atom is -0.390 e. The van der Waals surface area contributed by atoms with E-state index in [1.807, 2.05) is 27.7 Å². The Morgan fingerprint density at radius 2 is 1.06 bits per heavy atom. The standard InChI is InChI=1S/C12H26O4/c1-9(2)15-7-5-11(13)12(14)6-8-16-10(3)4/h9-14H,5-8H2,1-4H3/t11-,12-/m0/s1. The van der Waals surface area contributed by atoms with Crippen molar-refractivity contribution in [3.8, 4) is 0 Å². The van der Waals surface area contributed by atoms with Crippen LogP contribution in [-0.2, 0) is 9.47 Å². The Bertz CT molecular complexity index is 141. The van der Waals surface area contributed by atoms with Gasteiger partial charge in [0.05, 0.1) is 24.4 Å². The van der Waals surface area contributed by atoms with Gasteiger partial charge in [0.1, 0.15) is 0 Å². The number of hydrogen-bond donors (Lipinski definition) is 2. The molecule has 0 saturated carbocycles. The van der Waals surface area contributed by atoms with Gasteiger partial charge in [0, 0.05) is 13.2 Å². The van der Waals surface area contributed by atoms with E-state index in [4.69, 9.17) is 9.47 Å². The third-order valence-corrected chi connectivity index (χ3v) is 2.17. The highest BCUT2D eigenvalue weighted by atomic mass is 16.5. The van der Waals surface area contributed by atoms with E-state index in [1.54, 1.807) is 0 Å². The van der Waals surface area contributed by atoms with Gasteiger partial charge in [-0.2, -0.15) is 0 Å². The summed E-state index contributed by atoms with van der Waals surface area (Å²) in [5.74, 6) is 0. The van der Waals surface area contributed by atoms with Crippen LogP contribution in [0.15, 0.2) is 0 Å². The third kappa shape index (κ3) is 9.09. The van der Waals surface area contributed by atoms with Gasteiger partial charge in [0.15, 0.2) is 0 Å². The molecule has 0 aromatic carbocycles. The Morgan fingerprint density at radius 3 is 1.31 bits per heavy atom. The first kappa shape index (κ1) is 15.8. The highest BCUT2D eigenvalue weighted by Gasteiger charge is 2.16. The molecule has 0 aliphatic heterocycles. The van der Waals surface area contributed by atoms with E-state index in [0.717, 1.165) is 0 Å². The first-order valence-electron chi connectivity index (χ1n) is 6.02. The highest BCUT2D eigenvalue weighted by Crippen LogP contribution is 2.05. The molecule has 0 aromatic heterocycles. The van der Waals surface area contributed by atoms with E-state index >= 15 is 0 Å². The predicted octanol–water partition coefficient (Wildman–Crippen LogP) is 1.34. The maximum Gasteiger partial charge on any atom is 0.0821 e. The Labute approximate surface area is 98.6 Å². The lowest BCUT2D eigenvalue weighted by atomic mass is 10.1. The fraction of sp³-hybridized carbons (Fsp3) is 1.00. The summed E-state index contributed by atoms with van der Waals surface area (Å²) < 4.78 is 10.6. The van der Waals surface area contributed by atoms with E-state index in [0.29, 0.717) is 26.1 Å². The molecule has 2 atom stereocenters. The first-order chi connectivity index (χ1) is 7.43. The van der Waals surface area contributed by atoms with E-state index < -0.39 is 12.2 Å². The normalized spacial score (nSPS) is 15.8. The zero-order chi connectivity index (χ0) is 12.6. The van der Waals surface area contributed by atoms with E-state index in [2.05, 4.69) is 0 Å². The molecule has 4 nitrogen and oxygen atoms in total. The second-order valence-electron chi connectivity index (χ2n) is 4.55. The van der Waals surface area contributed by atoms with Gasteiger partial charge in [0.25, 0.3) is 0 Å². The zero-order valence-electron chi connectivity index (χ0n) is 10.8. The topological polar surface area (TPSA) is 58.9 Å². The molecular weight excluding hydrogens is 208 g/mol. The molecule has 0 aliphatic rings. The summed E-state index contributed by atoms with van der Waals surface area (Å²) in [6, 6.07) is 0. The van der Waals surface area contributed by atoms with Crippen molar-refractivity contribution in [2.45, 2.75) is 65.0 Å². The van der Waals surface area contributed by atoms with Gasteiger partial charge >= 0.3 is 0 Å². The molecular formula is C12H26O4. The van der Waals surface area contributed by atoms with Gasteiger partial charge in [-0.25, -0.2) is 0 Å². The van der Waals surface area contributed by atoms with Gasteiger partial charge in [0.2, 0.25) is 0 Å². The fourth-order valence-corrected chi connectivity index (χ4v) is 1.23. The summed E-state index contributed by atoms with van der Waals surface area (Å²) in [4.78, 5) is 0. The second kappa shape index (κ2) is 8.93. The number of ether oxygens (including phenoxy) is 2. The number of aliphatic hydroxyl groups is 2. The lowest BCUT2D eigenvalue weighted by molar-refractivity contribution is -0.0329. The zero-order valence-corrected chi connectivity index (χ0v) is 10.8. The van der Waals surface area contributed by atoms with Crippen molar-refractivity contribution in [2.24, 2.45) is 0 Å². The van der Waals surface area contributed by atoms with Crippen LogP contribution in [0.2, 0.25) is 0 Å². The summed E-state index contributed by atoms with van der Waals surface area (Å²) in [5.41, 5.74) is 0. The quantitative estimate of drug-likeness (QED) is 0.632. The predicted molar refractivity (Wildman–Crippen MR) is 63.4 cm³/mol. The average molecular weight is 234 g/mol. The van der Waals surface area contributed by atoms with Gasteiger partial charge in [-0.3, -0.25) is 0 Å². The molecule has 0 aromatic rings. The smallest absolute Gasteiger partial charge is 0.0821 e. The molecule has 98 valence electrons. The largest absolute Gasteiger partial charge is 0.390 e. The Morgan fingerprint density at radius 1 is 0.750 bits per heavy atom. The monoisotopic (exact) mass is 234 g/mol. The van der Waals surface area contributed by atoms with Crippen molar-refractivity contribution in [1.29, 1.82) is 0 Å². The molecule has 0 aliphatic carbocycles. The van der Waals surface area contributed by atoms with Crippen LogP contribution >= 0.6 is 0 Å². The third-order valence-electron chi connectivity index (χ3n) is 2.17. The van der Waals surface area contributed by atoms with E-state index in [-0.39, 0.29) is 12.2 Å². The van der Waals surface area contributed by atoms with Crippen molar-refractivity contribution in [3.05, 3.63) is 0 Å². The molecule has 0 unspecified atom stereocenters. The summed E-state index contributed by atoms with van der Waals surface area (Å²) in [7, 11) is 0. The molecule has 0 rings (SSSR count). The molecule has 0 radical (unpaired) electrons.